The molecule has 7 nitrogen and oxygen atoms in total. The molecule has 2 aromatic carbocycles. The number of nitrogens with one attached hydrogen (secondary N) is 2. The van der Waals surface area contributed by atoms with Crippen molar-refractivity contribution in [3.63, 3.8) is 0 Å². The summed E-state index contributed by atoms with van der Waals surface area (Å²) in [6, 6.07) is 11.7. The van der Waals surface area contributed by atoms with Gasteiger partial charge in [-0.25, -0.2) is 8.42 Å². The van der Waals surface area contributed by atoms with Crippen LogP contribution >= 0.6 is 11.6 Å². The van der Waals surface area contributed by atoms with Crippen molar-refractivity contribution < 1.29 is 18.0 Å². The maximum atomic E-state index is 12.9. The smallest absolute Gasteiger partial charge is 0.253 e. The second-order valence-electron chi connectivity index (χ2n) is 6.51. The Balaban J connectivity index is 2.31. The molecule has 0 aromatic heterocycles. The second-order valence-corrected chi connectivity index (χ2v) is 8.80. The van der Waals surface area contributed by atoms with Crippen molar-refractivity contribution in [2.24, 2.45) is 0 Å². The Morgan fingerprint density at radius 2 is 1.83 bits per heavy atom. The number of amides is 2. The van der Waals surface area contributed by atoms with Crippen LogP contribution in [0, 0.1) is 0 Å². The van der Waals surface area contributed by atoms with E-state index < -0.39 is 22.0 Å². The Morgan fingerprint density at radius 3 is 2.45 bits per heavy atom. The maximum absolute atomic E-state index is 12.9. The van der Waals surface area contributed by atoms with Crippen LogP contribution < -0.4 is 14.9 Å². The highest BCUT2D eigenvalue weighted by Crippen LogP contribution is 2.25. The van der Waals surface area contributed by atoms with Crippen molar-refractivity contribution in [1.82, 2.24) is 5.32 Å². The first-order valence-electron chi connectivity index (χ1n) is 9.08. The number of benzene rings is 2. The predicted octanol–water partition coefficient (Wildman–Crippen LogP) is 3.27. The highest BCUT2D eigenvalue weighted by atomic mass is 35.5. The lowest BCUT2D eigenvalue weighted by Crippen LogP contribution is -2.45. The first kappa shape index (κ1) is 22.7. The quantitative estimate of drug-likeness (QED) is 0.662. The van der Waals surface area contributed by atoms with Crippen LogP contribution in [-0.2, 0) is 14.8 Å². The minimum Gasteiger partial charge on any atom is -0.352 e. The van der Waals surface area contributed by atoms with Crippen LogP contribution in [0.1, 0.15) is 30.6 Å². The van der Waals surface area contributed by atoms with E-state index in [0.717, 1.165) is 17.0 Å². The van der Waals surface area contributed by atoms with E-state index in [4.69, 9.17) is 11.6 Å². The van der Waals surface area contributed by atoms with E-state index >= 15 is 0 Å². The topological polar surface area (TPSA) is 95.6 Å². The summed E-state index contributed by atoms with van der Waals surface area (Å²) in [7, 11) is -3.78. The predicted molar refractivity (Wildman–Crippen MR) is 116 cm³/mol. The third kappa shape index (κ3) is 5.95. The van der Waals surface area contributed by atoms with Crippen LogP contribution in [0.2, 0.25) is 5.02 Å². The Hall–Kier alpha value is -2.58. The van der Waals surface area contributed by atoms with Gasteiger partial charge in [-0.2, -0.15) is 0 Å². The van der Waals surface area contributed by atoms with E-state index in [-0.39, 0.29) is 11.6 Å². The number of nitrogens with zero attached hydrogens (tertiary/aromatic N) is 1. The van der Waals surface area contributed by atoms with Crippen LogP contribution in [0.25, 0.3) is 0 Å². The van der Waals surface area contributed by atoms with E-state index in [0.29, 0.717) is 22.8 Å². The normalized spacial score (nSPS) is 12.1. The summed E-state index contributed by atoms with van der Waals surface area (Å²) >= 11 is 5.98. The lowest BCUT2D eigenvalue weighted by Gasteiger charge is -2.28. The van der Waals surface area contributed by atoms with E-state index in [9.17, 15) is 18.0 Å². The average molecular weight is 438 g/mol. The van der Waals surface area contributed by atoms with Gasteiger partial charge in [-0.1, -0.05) is 36.7 Å². The second kappa shape index (κ2) is 9.76. The number of hydrogen-bond donors (Lipinski definition) is 2. The molecule has 0 radical (unpaired) electrons. The SMILES string of the molecule is CCCNC(=O)c1ccccc1NC(=O)[C@@H](C)N(c1cccc(Cl)c1)S(C)(=O)=O. The molecule has 0 aliphatic heterocycles. The molecule has 0 saturated heterocycles. The third-order valence-corrected chi connectivity index (χ3v) is 5.59. The zero-order valence-electron chi connectivity index (χ0n) is 16.5. The monoisotopic (exact) mass is 437 g/mol. The standard InChI is InChI=1S/C20H24ClN3O4S/c1-4-12-22-20(26)17-10-5-6-11-18(17)23-19(25)14(2)24(29(3,27)28)16-9-7-8-15(21)13-16/h5-11,13-14H,4,12H2,1-3H3,(H,22,26)(H,23,25)/t14-/m1/s1. The highest BCUT2D eigenvalue weighted by Gasteiger charge is 2.30. The van der Waals surface area contributed by atoms with Gasteiger partial charge in [0, 0.05) is 11.6 Å². The molecule has 9 heteroatoms. The molecule has 0 unspecified atom stereocenters. The molecule has 156 valence electrons. The number of para-hydroxylation sites is 1. The number of carbonyl (C=O) groups excluding carboxylic acids is 2. The molecule has 0 bridgehead atoms. The number of halogens is 1. The van der Waals surface area contributed by atoms with Crippen LogP contribution in [0.15, 0.2) is 48.5 Å². The van der Waals surface area contributed by atoms with Gasteiger partial charge < -0.3 is 10.6 Å². The van der Waals surface area contributed by atoms with E-state index in [1.165, 1.54) is 13.0 Å². The summed E-state index contributed by atoms with van der Waals surface area (Å²) in [5.74, 6) is -0.892. The molecule has 0 heterocycles. The average Bonchev–Trinajstić information content (AvgIpc) is 2.65. The molecule has 2 N–H and O–H groups in total. The highest BCUT2D eigenvalue weighted by molar-refractivity contribution is 7.92. The molecule has 0 aliphatic rings. The van der Waals surface area contributed by atoms with Gasteiger partial charge in [0.2, 0.25) is 15.9 Å². The maximum Gasteiger partial charge on any atom is 0.253 e. The Kier molecular flexibility index (Phi) is 7.64. The zero-order valence-corrected chi connectivity index (χ0v) is 18.0. The van der Waals surface area contributed by atoms with Gasteiger partial charge in [0.1, 0.15) is 6.04 Å². The van der Waals surface area contributed by atoms with Crippen LogP contribution in [0.5, 0.6) is 0 Å². The van der Waals surface area contributed by atoms with Gasteiger partial charge in [0.25, 0.3) is 5.91 Å². The number of rotatable bonds is 8. The van der Waals surface area contributed by atoms with Crippen LogP contribution in [0.4, 0.5) is 11.4 Å². The summed E-state index contributed by atoms with van der Waals surface area (Å²) in [5, 5.41) is 5.77. The Bertz CT molecular complexity index is 995. The summed E-state index contributed by atoms with van der Waals surface area (Å²) in [6.07, 6.45) is 1.80. The molecule has 29 heavy (non-hydrogen) atoms. The minimum atomic E-state index is -3.78. The van der Waals surface area contributed by atoms with Crippen LogP contribution in [-0.4, -0.2) is 39.1 Å². The Morgan fingerprint density at radius 1 is 1.14 bits per heavy atom. The summed E-state index contributed by atoms with van der Waals surface area (Å²) in [4.78, 5) is 25.2. The first-order valence-corrected chi connectivity index (χ1v) is 11.3. The van der Waals surface area contributed by atoms with Gasteiger partial charge in [-0.3, -0.25) is 13.9 Å². The summed E-state index contributed by atoms with van der Waals surface area (Å²) < 4.78 is 25.7. The molecule has 2 rings (SSSR count). The molecule has 0 spiro atoms. The van der Waals surface area contributed by atoms with Crippen molar-refractivity contribution >= 4 is 44.8 Å². The van der Waals surface area contributed by atoms with E-state index in [1.54, 1.807) is 42.5 Å². The summed E-state index contributed by atoms with van der Waals surface area (Å²) in [6.45, 7) is 3.91. The number of sulfonamides is 1. The first-order chi connectivity index (χ1) is 13.6. The van der Waals surface area contributed by atoms with Gasteiger partial charge in [0.05, 0.1) is 23.2 Å². The summed E-state index contributed by atoms with van der Waals surface area (Å²) in [5.41, 5.74) is 0.879. The van der Waals surface area contributed by atoms with E-state index in [2.05, 4.69) is 10.6 Å². The molecule has 0 saturated carbocycles. The molecule has 0 fully saturated rings. The largest absolute Gasteiger partial charge is 0.352 e. The van der Waals surface area contributed by atoms with Crippen molar-refractivity contribution in [2.45, 2.75) is 26.3 Å². The molecule has 1 atom stereocenters. The third-order valence-electron chi connectivity index (χ3n) is 4.12. The minimum absolute atomic E-state index is 0.275. The lowest BCUT2D eigenvalue weighted by molar-refractivity contribution is -0.116. The fourth-order valence-electron chi connectivity index (χ4n) is 2.78. The van der Waals surface area contributed by atoms with Gasteiger partial charge >= 0.3 is 0 Å². The van der Waals surface area contributed by atoms with Crippen molar-refractivity contribution in [2.75, 3.05) is 22.4 Å². The Labute approximate surface area is 176 Å². The number of carbonyl (C=O) groups is 2. The zero-order chi connectivity index (χ0) is 21.6. The van der Waals surface area contributed by atoms with Crippen LogP contribution in [0.3, 0.4) is 0 Å². The molecule has 2 amide bonds. The molecule has 2 aromatic rings. The fourth-order valence-corrected chi connectivity index (χ4v) is 4.13. The van der Waals surface area contributed by atoms with Crippen molar-refractivity contribution in [3.05, 3.63) is 59.1 Å². The molecular weight excluding hydrogens is 414 g/mol. The van der Waals surface area contributed by atoms with Crippen molar-refractivity contribution in [3.8, 4) is 0 Å². The molecule has 0 aliphatic carbocycles. The van der Waals surface area contributed by atoms with Gasteiger partial charge in [-0.05, 0) is 43.7 Å². The van der Waals surface area contributed by atoms with Gasteiger partial charge in [-0.15, -0.1) is 0 Å². The lowest BCUT2D eigenvalue weighted by atomic mass is 10.1. The van der Waals surface area contributed by atoms with E-state index in [1.807, 2.05) is 6.92 Å². The van der Waals surface area contributed by atoms with Crippen molar-refractivity contribution in [1.29, 1.82) is 0 Å². The number of hydrogen-bond acceptors (Lipinski definition) is 4. The fraction of sp³-hybridized carbons (Fsp3) is 0.300. The molecular formula is C20H24ClN3O4S. The number of anilines is 2. The van der Waals surface area contributed by atoms with Gasteiger partial charge in [0.15, 0.2) is 0 Å².